The number of ketones is 1. The maximum absolute atomic E-state index is 13.0. The van der Waals surface area contributed by atoms with Crippen LogP contribution >= 0.6 is 0 Å². The smallest absolute Gasteiger partial charge is 0.246 e. The van der Waals surface area contributed by atoms with Crippen molar-refractivity contribution in [1.29, 1.82) is 5.26 Å². The first-order valence-electron chi connectivity index (χ1n) is 11.6. The zero-order valence-corrected chi connectivity index (χ0v) is 20.6. The number of rotatable bonds is 10. The molecule has 8 nitrogen and oxygen atoms in total. The molecule has 0 radical (unpaired) electrons. The number of nitrogens with one attached hydrogen (secondary N) is 2. The minimum atomic E-state index is -0.934. The van der Waals surface area contributed by atoms with Gasteiger partial charge in [0.25, 0.3) is 0 Å². The van der Waals surface area contributed by atoms with Crippen molar-refractivity contribution in [2.45, 2.75) is 44.9 Å². The van der Waals surface area contributed by atoms with E-state index < -0.39 is 17.6 Å². The number of hydrogen-bond donors (Lipinski definition) is 3. The van der Waals surface area contributed by atoms with Crippen molar-refractivity contribution in [2.75, 3.05) is 27.4 Å². The van der Waals surface area contributed by atoms with Crippen LogP contribution in [0.3, 0.4) is 0 Å². The van der Waals surface area contributed by atoms with Crippen molar-refractivity contribution in [3.05, 3.63) is 64.7 Å². The lowest BCUT2D eigenvalue weighted by Gasteiger charge is -2.37. The molecular weight excluding hydrogens is 446 g/mol. The largest absolute Gasteiger partial charge is 0.497 e. The van der Waals surface area contributed by atoms with Gasteiger partial charge in [0.15, 0.2) is 5.78 Å². The fourth-order valence-corrected chi connectivity index (χ4v) is 4.51. The molecule has 2 aromatic rings. The van der Waals surface area contributed by atoms with E-state index in [2.05, 4.69) is 16.7 Å². The summed E-state index contributed by atoms with van der Waals surface area (Å²) in [4.78, 5) is 25.2. The average molecular weight is 480 g/mol. The van der Waals surface area contributed by atoms with E-state index in [1.54, 1.807) is 37.4 Å². The van der Waals surface area contributed by atoms with Crippen molar-refractivity contribution in [3.63, 3.8) is 0 Å². The third-order valence-corrected chi connectivity index (χ3v) is 6.38. The van der Waals surface area contributed by atoms with E-state index in [1.807, 2.05) is 26.0 Å². The maximum Gasteiger partial charge on any atom is 0.246 e. The molecule has 0 unspecified atom stereocenters. The summed E-state index contributed by atoms with van der Waals surface area (Å²) in [6, 6.07) is 13.8. The number of aliphatic hydroxyl groups is 1. The number of amides is 1. The lowest BCUT2D eigenvalue weighted by molar-refractivity contribution is -0.126. The zero-order valence-electron chi connectivity index (χ0n) is 20.6. The molecule has 35 heavy (non-hydrogen) atoms. The monoisotopic (exact) mass is 479 g/mol. The molecule has 0 saturated carbocycles. The fraction of sp³-hybridized carbons (Fsp3) is 0.444. The van der Waals surface area contributed by atoms with E-state index in [-0.39, 0.29) is 30.9 Å². The first-order chi connectivity index (χ1) is 16.7. The summed E-state index contributed by atoms with van der Waals surface area (Å²) in [7, 11) is 3.01. The van der Waals surface area contributed by atoms with Gasteiger partial charge in [-0.25, -0.2) is 0 Å². The quantitative estimate of drug-likeness (QED) is 0.479. The van der Waals surface area contributed by atoms with Gasteiger partial charge >= 0.3 is 0 Å². The Bertz CT molecular complexity index is 1110. The molecule has 186 valence electrons. The predicted molar refractivity (Wildman–Crippen MR) is 131 cm³/mol. The summed E-state index contributed by atoms with van der Waals surface area (Å²) in [5, 5.41) is 26.5. The summed E-state index contributed by atoms with van der Waals surface area (Å²) in [6.45, 7) is 3.90. The van der Waals surface area contributed by atoms with Gasteiger partial charge in [-0.2, -0.15) is 5.26 Å². The highest BCUT2D eigenvalue weighted by atomic mass is 16.5. The van der Waals surface area contributed by atoms with Gasteiger partial charge in [0.05, 0.1) is 30.9 Å². The van der Waals surface area contributed by atoms with E-state index in [4.69, 9.17) is 9.47 Å². The standard InChI is InChI=1S/C27H33N3O5/c1-27(2)13-23(21-12-19(35-4)8-9-20(21)26(27)33)29-15-24(31)22(30-25(32)16-34-3)11-17-6-5-7-18(10-17)14-28/h5-10,12,22-24,29,31H,11,13,15-16H2,1-4H3,(H,30,32)/t22-,23+,24-/m0/s1. The molecule has 8 heteroatoms. The minimum Gasteiger partial charge on any atom is -0.497 e. The molecule has 1 aliphatic carbocycles. The molecule has 0 fully saturated rings. The molecule has 3 atom stereocenters. The Balaban J connectivity index is 1.79. The van der Waals surface area contributed by atoms with Gasteiger partial charge < -0.3 is 25.2 Å². The molecular formula is C27H33N3O5. The molecule has 1 amide bonds. The molecule has 0 aromatic heterocycles. The normalized spacial score (nSPS) is 18.2. The van der Waals surface area contributed by atoms with Crippen LogP contribution in [0, 0.1) is 16.7 Å². The summed E-state index contributed by atoms with van der Waals surface area (Å²) in [5.74, 6) is 0.397. The second-order valence-electron chi connectivity index (χ2n) is 9.52. The number of carbonyl (C=O) groups is 2. The molecule has 0 bridgehead atoms. The van der Waals surface area contributed by atoms with Crippen LogP contribution in [0.1, 0.15) is 53.4 Å². The van der Waals surface area contributed by atoms with Gasteiger partial charge in [-0.3, -0.25) is 9.59 Å². The van der Waals surface area contributed by atoms with E-state index in [0.717, 1.165) is 11.1 Å². The number of nitriles is 1. The van der Waals surface area contributed by atoms with Crippen LogP contribution in [-0.2, 0) is 16.0 Å². The van der Waals surface area contributed by atoms with Gasteiger partial charge in [0.1, 0.15) is 12.4 Å². The van der Waals surface area contributed by atoms with E-state index in [0.29, 0.717) is 29.7 Å². The van der Waals surface area contributed by atoms with Crippen LogP contribution < -0.4 is 15.4 Å². The first kappa shape index (κ1) is 26.4. The Hall–Kier alpha value is -3.25. The van der Waals surface area contributed by atoms with Crippen LogP contribution in [0.25, 0.3) is 0 Å². The highest BCUT2D eigenvalue weighted by Gasteiger charge is 2.39. The van der Waals surface area contributed by atoms with Crippen LogP contribution in [0.5, 0.6) is 5.75 Å². The summed E-state index contributed by atoms with van der Waals surface area (Å²) >= 11 is 0. The lowest BCUT2D eigenvalue weighted by Crippen LogP contribution is -2.50. The Kier molecular flexibility index (Phi) is 8.62. The molecule has 2 aromatic carbocycles. The maximum atomic E-state index is 13.0. The highest BCUT2D eigenvalue weighted by Crippen LogP contribution is 2.41. The molecule has 0 heterocycles. The SMILES string of the molecule is COCC(=O)N[C@@H](Cc1cccc(C#N)c1)[C@@H](O)CN[C@@H]1CC(C)(C)C(=O)c2ccc(OC)cc21. The summed E-state index contributed by atoms with van der Waals surface area (Å²) in [5.41, 5.74) is 2.26. The predicted octanol–water partition coefficient (Wildman–Crippen LogP) is 2.54. The van der Waals surface area contributed by atoms with Crippen molar-refractivity contribution >= 4 is 11.7 Å². The van der Waals surface area contributed by atoms with Gasteiger partial charge in [-0.05, 0) is 54.3 Å². The summed E-state index contributed by atoms with van der Waals surface area (Å²) in [6.07, 6.45) is -0.0346. The fourth-order valence-electron chi connectivity index (χ4n) is 4.51. The van der Waals surface area contributed by atoms with Gasteiger partial charge in [0, 0.05) is 30.7 Å². The number of nitrogens with zero attached hydrogens (tertiary/aromatic N) is 1. The van der Waals surface area contributed by atoms with Crippen molar-refractivity contribution < 1.29 is 24.2 Å². The van der Waals surface area contributed by atoms with Gasteiger partial charge in [-0.15, -0.1) is 0 Å². The Morgan fingerprint density at radius 2 is 2.03 bits per heavy atom. The topological polar surface area (TPSA) is 121 Å². The number of fused-ring (bicyclic) bond motifs is 1. The number of methoxy groups -OCH3 is 2. The van der Waals surface area contributed by atoms with Crippen LogP contribution in [0.15, 0.2) is 42.5 Å². The second-order valence-corrected chi connectivity index (χ2v) is 9.52. The Morgan fingerprint density at radius 1 is 1.26 bits per heavy atom. The number of carbonyl (C=O) groups excluding carboxylic acids is 2. The number of Topliss-reactive ketones (excluding diaryl/α,β-unsaturated/α-hetero) is 1. The Morgan fingerprint density at radius 3 is 2.71 bits per heavy atom. The van der Waals surface area contributed by atoms with Crippen molar-refractivity contribution in [2.24, 2.45) is 5.41 Å². The minimum absolute atomic E-state index is 0.0795. The highest BCUT2D eigenvalue weighted by molar-refractivity contribution is 6.02. The van der Waals surface area contributed by atoms with Gasteiger partial charge in [-0.1, -0.05) is 26.0 Å². The number of aliphatic hydroxyl groups excluding tert-OH is 1. The molecule has 1 aliphatic rings. The lowest BCUT2D eigenvalue weighted by atomic mass is 9.71. The molecule has 0 spiro atoms. The Labute approximate surface area is 206 Å². The van der Waals surface area contributed by atoms with E-state index >= 15 is 0 Å². The summed E-state index contributed by atoms with van der Waals surface area (Å²) < 4.78 is 10.3. The zero-order chi connectivity index (χ0) is 25.6. The third kappa shape index (κ3) is 6.45. The first-order valence-corrected chi connectivity index (χ1v) is 11.6. The average Bonchev–Trinajstić information content (AvgIpc) is 2.84. The van der Waals surface area contributed by atoms with Crippen LogP contribution in [-0.4, -0.2) is 56.3 Å². The van der Waals surface area contributed by atoms with Crippen molar-refractivity contribution in [3.8, 4) is 11.8 Å². The molecule has 3 N–H and O–H groups in total. The van der Waals surface area contributed by atoms with Crippen LogP contribution in [0.2, 0.25) is 0 Å². The van der Waals surface area contributed by atoms with Crippen molar-refractivity contribution in [1.82, 2.24) is 10.6 Å². The van der Waals surface area contributed by atoms with Crippen LogP contribution in [0.4, 0.5) is 0 Å². The second kappa shape index (κ2) is 11.5. The number of ether oxygens (including phenoxy) is 2. The number of benzene rings is 2. The third-order valence-electron chi connectivity index (χ3n) is 6.38. The van der Waals surface area contributed by atoms with E-state index in [1.165, 1.54) is 7.11 Å². The number of hydrogen-bond acceptors (Lipinski definition) is 7. The van der Waals surface area contributed by atoms with Gasteiger partial charge in [0.2, 0.25) is 5.91 Å². The van der Waals surface area contributed by atoms with E-state index in [9.17, 15) is 20.0 Å². The molecule has 0 aliphatic heterocycles. The molecule has 3 rings (SSSR count). The molecule has 0 saturated heterocycles.